The minimum atomic E-state index is -1.21. The Labute approximate surface area is 419 Å². The molecule has 2 aromatic carbocycles. The van der Waals surface area contributed by atoms with Crippen molar-refractivity contribution in [3.63, 3.8) is 0 Å². The second-order valence-electron chi connectivity index (χ2n) is 19.8. The molecule has 0 spiro atoms. The third-order valence-electron chi connectivity index (χ3n) is 13.0. The van der Waals surface area contributed by atoms with Crippen LogP contribution in [0.3, 0.4) is 0 Å². The maximum absolute atomic E-state index is 14.8. The molecule has 2 aliphatic heterocycles. The number of aromatic hydroxyl groups is 1. The number of esters is 1. The van der Waals surface area contributed by atoms with Crippen molar-refractivity contribution in [2.45, 2.75) is 98.0 Å². The van der Waals surface area contributed by atoms with Crippen molar-refractivity contribution in [2.24, 2.45) is 11.3 Å². The van der Waals surface area contributed by atoms with Crippen LogP contribution in [0.2, 0.25) is 0 Å². The number of aromatic nitrogens is 3. The monoisotopic (exact) mass is 989 g/mol. The van der Waals surface area contributed by atoms with E-state index in [1.807, 2.05) is 44.1 Å². The van der Waals surface area contributed by atoms with Gasteiger partial charge in [0.15, 0.2) is 5.01 Å². The van der Waals surface area contributed by atoms with Crippen LogP contribution in [0.25, 0.3) is 33.3 Å². The lowest BCUT2D eigenvalue weighted by molar-refractivity contribution is -0.155. The molecular formula is C53H67N9O8S. The molecule has 18 heteroatoms. The number of benzene rings is 2. The van der Waals surface area contributed by atoms with E-state index in [1.54, 1.807) is 50.7 Å². The van der Waals surface area contributed by atoms with Crippen LogP contribution in [0.1, 0.15) is 87.1 Å². The Bertz CT molecular complexity index is 2820. The summed E-state index contributed by atoms with van der Waals surface area (Å²) in [5.41, 5.74) is 9.41. The molecular weight excluding hydrogens is 923 g/mol. The van der Waals surface area contributed by atoms with Crippen molar-refractivity contribution in [3.05, 3.63) is 94.1 Å². The third kappa shape index (κ3) is 12.0. The first kappa shape index (κ1) is 52.4. The van der Waals surface area contributed by atoms with E-state index in [9.17, 15) is 29.1 Å². The number of fused-ring (bicyclic) bond motifs is 6. The van der Waals surface area contributed by atoms with Crippen LogP contribution >= 0.6 is 11.3 Å². The molecule has 1 unspecified atom stereocenters. The highest BCUT2D eigenvalue weighted by atomic mass is 32.1. The van der Waals surface area contributed by atoms with Crippen LogP contribution in [-0.4, -0.2) is 130 Å². The summed E-state index contributed by atoms with van der Waals surface area (Å²) in [5.74, 6) is -2.78. The van der Waals surface area contributed by atoms with E-state index in [-0.39, 0.29) is 42.3 Å². The molecule has 5 heterocycles. The minimum Gasteiger partial charge on any atom is -0.508 e. The largest absolute Gasteiger partial charge is 0.508 e. The van der Waals surface area contributed by atoms with Gasteiger partial charge in [-0.3, -0.25) is 34.0 Å². The molecule has 3 aromatic heterocycles. The molecule has 0 saturated carbocycles. The van der Waals surface area contributed by atoms with Gasteiger partial charge in [0.1, 0.15) is 29.7 Å². The van der Waals surface area contributed by atoms with E-state index in [4.69, 9.17) is 14.5 Å². The second kappa shape index (κ2) is 22.3. The highest BCUT2D eigenvalue weighted by Crippen LogP contribution is 2.42. The number of ether oxygens (including phenoxy) is 2. The van der Waals surface area contributed by atoms with Crippen molar-refractivity contribution in [2.75, 3.05) is 53.3 Å². The molecule has 4 atom stereocenters. The van der Waals surface area contributed by atoms with Crippen molar-refractivity contribution in [1.82, 2.24) is 40.1 Å². The van der Waals surface area contributed by atoms with E-state index in [2.05, 4.69) is 64.6 Å². The molecule has 7 rings (SSSR count). The first-order valence-electron chi connectivity index (χ1n) is 24.1. The summed E-state index contributed by atoms with van der Waals surface area (Å²) >= 11 is 1.03. The van der Waals surface area contributed by atoms with Crippen LogP contribution in [0.4, 0.5) is 5.82 Å². The fourth-order valence-electron chi connectivity index (χ4n) is 9.49. The average molecular weight is 990 g/mol. The van der Waals surface area contributed by atoms with Gasteiger partial charge in [-0.1, -0.05) is 45.9 Å². The summed E-state index contributed by atoms with van der Waals surface area (Å²) in [4.78, 5) is 82.2. The maximum atomic E-state index is 14.8. The quantitative estimate of drug-likeness (QED) is 0.0715. The number of thiazole rings is 1. The number of likely N-dealkylation sites (N-methyl/N-ethyl adjacent to an activating group) is 2. The van der Waals surface area contributed by atoms with Crippen LogP contribution < -0.4 is 16.1 Å². The molecule has 1 fully saturated rings. The van der Waals surface area contributed by atoms with Gasteiger partial charge in [-0.25, -0.2) is 10.4 Å². The number of phenolic OH excluding ortho intramolecular Hbond substituents is 1. The number of aryl methyl sites for hydroxylation is 1. The first-order chi connectivity index (χ1) is 33.8. The van der Waals surface area contributed by atoms with Gasteiger partial charge in [0.2, 0.25) is 11.8 Å². The van der Waals surface area contributed by atoms with Crippen LogP contribution in [0.5, 0.6) is 5.75 Å². The molecule has 5 aromatic rings. The van der Waals surface area contributed by atoms with Crippen molar-refractivity contribution < 1.29 is 38.6 Å². The number of methoxy groups -OCH3 is 1. The zero-order valence-corrected chi connectivity index (χ0v) is 43.2. The lowest BCUT2D eigenvalue weighted by Gasteiger charge is -2.36. The number of amides is 4. The minimum absolute atomic E-state index is 0.0286. The van der Waals surface area contributed by atoms with Gasteiger partial charge in [0.25, 0.3) is 11.8 Å². The van der Waals surface area contributed by atoms with Gasteiger partial charge in [-0.15, -0.1) is 11.3 Å². The van der Waals surface area contributed by atoms with E-state index >= 15 is 0 Å². The maximum Gasteiger partial charge on any atom is 0.324 e. The van der Waals surface area contributed by atoms with E-state index in [0.29, 0.717) is 43.5 Å². The third-order valence-corrected chi connectivity index (χ3v) is 13.8. The van der Waals surface area contributed by atoms with Gasteiger partial charge in [0.05, 0.1) is 24.1 Å². The molecule has 4 amide bonds. The van der Waals surface area contributed by atoms with E-state index in [1.165, 1.54) is 23.0 Å². The Morgan fingerprint density at radius 3 is 2.58 bits per heavy atom. The fourth-order valence-corrected chi connectivity index (χ4v) is 10.2. The number of hydrogen-bond acceptors (Lipinski definition) is 13. The molecule has 4 N–H and O–H groups in total. The number of pyridine rings is 1. The summed E-state index contributed by atoms with van der Waals surface area (Å²) in [6, 6.07) is 12.3. The van der Waals surface area contributed by atoms with Gasteiger partial charge in [-0.05, 0) is 112 Å². The summed E-state index contributed by atoms with van der Waals surface area (Å²) < 4.78 is 14.2. The van der Waals surface area contributed by atoms with Crippen LogP contribution in [0.15, 0.2) is 72.3 Å². The van der Waals surface area contributed by atoms with Crippen LogP contribution in [0, 0.1) is 11.3 Å². The van der Waals surface area contributed by atoms with E-state index in [0.717, 1.165) is 50.3 Å². The Kier molecular flexibility index (Phi) is 16.4. The predicted molar refractivity (Wildman–Crippen MR) is 274 cm³/mol. The molecule has 17 nitrogen and oxygen atoms in total. The molecule has 0 radical (unpaired) electrons. The smallest absolute Gasteiger partial charge is 0.324 e. The Hall–Kier alpha value is -6.47. The second-order valence-corrected chi connectivity index (χ2v) is 20.7. The van der Waals surface area contributed by atoms with Gasteiger partial charge in [-0.2, -0.15) is 0 Å². The number of carbonyl (C=O) groups is 5. The van der Waals surface area contributed by atoms with Crippen molar-refractivity contribution in [1.29, 1.82) is 0 Å². The zero-order valence-electron chi connectivity index (χ0n) is 42.4. The number of phenols is 1. The first-order valence-corrected chi connectivity index (χ1v) is 25.0. The molecule has 1 saturated heterocycles. The normalized spacial score (nSPS) is 18.3. The van der Waals surface area contributed by atoms with Crippen LogP contribution in [-0.2, 0) is 48.0 Å². The average Bonchev–Trinajstić information content (AvgIpc) is 3.92. The lowest BCUT2D eigenvalue weighted by Crippen LogP contribution is -2.62. The number of cyclic esters (lactones) is 1. The fraction of sp³-hybridized carbons (Fsp3) is 0.453. The summed E-state index contributed by atoms with van der Waals surface area (Å²) in [7, 11) is 6.94. The van der Waals surface area contributed by atoms with Gasteiger partial charge >= 0.3 is 5.97 Å². The van der Waals surface area contributed by atoms with Crippen molar-refractivity contribution >= 4 is 57.7 Å². The van der Waals surface area contributed by atoms with Crippen molar-refractivity contribution in [3.8, 4) is 28.1 Å². The lowest BCUT2D eigenvalue weighted by atomic mass is 9.84. The standard InChI is InChI=1S/C53H67N9O8S/c1-11-61-42-19-18-34-27-38(42)39(47(61)37-15-12-20-54-45(37)32(4)69-10)28-53(5,6)30-70-52(68)40-16-13-22-62(58-40)50(66)41(25-33-23-35(34)26-36(63)24-33)55-48(65)46(31(2)3)60(9)51(67)49-57-43(29-71-49)56-44(64)17-14-21-59(7)8/h12,14-15,17-20,23-24,26-27,29,31-32,40-41,46,58,63H,11,13,16,21-22,25,28,30H2,1-10H3,(H,55,65)(H,56,64)/b17-14+/t32-,40-,41-,46?/m0/s1. The number of nitrogens with zero attached hydrogens (tertiary/aromatic N) is 6. The molecule has 6 bridgehead atoms. The summed E-state index contributed by atoms with van der Waals surface area (Å²) in [5, 5.41) is 21.0. The predicted octanol–water partition coefficient (Wildman–Crippen LogP) is 6.76. The Morgan fingerprint density at radius 1 is 1.08 bits per heavy atom. The van der Waals surface area contributed by atoms with Gasteiger partial charge in [0, 0.05) is 79.7 Å². The molecule has 378 valence electrons. The SMILES string of the molecule is CCn1c(-c2cccnc2[C@H](C)OC)c2c3cc(ccc31)-c1cc(O)cc(c1)C[C@H](NC(=O)C(C(C)C)N(C)C(=O)c1nc(NC(=O)/C=C/CN(C)C)cs1)C(=O)N1CCC[C@H](N1)C(=O)OCC(C)(C)C2. The molecule has 2 aliphatic rings. The number of hydrazine groups is 1. The number of anilines is 1. The van der Waals surface area contributed by atoms with Gasteiger partial charge < -0.3 is 39.6 Å². The summed E-state index contributed by atoms with van der Waals surface area (Å²) in [6.07, 6.45) is 5.98. The van der Waals surface area contributed by atoms with E-state index < -0.39 is 59.1 Å². The highest BCUT2D eigenvalue weighted by Gasteiger charge is 2.38. The number of rotatable bonds is 13. The Balaban J connectivity index is 1.26. The number of hydrogen-bond donors (Lipinski definition) is 4. The highest BCUT2D eigenvalue weighted by molar-refractivity contribution is 7.12. The zero-order chi connectivity index (χ0) is 51.3. The molecule has 0 aliphatic carbocycles. The Morgan fingerprint density at radius 2 is 1.86 bits per heavy atom. The number of nitrogens with one attached hydrogen (secondary N) is 3. The topological polar surface area (TPSA) is 201 Å². The number of carbonyl (C=O) groups excluding carboxylic acids is 5. The summed E-state index contributed by atoms with van der Waals surface area (Å²) in [6.45, 7) is 13.4. The molecule has 71 heavy (non-hydrogen) atoms.